The van der Waals surface area contributed by atoms with Gasteiger partial charge >= 0.3 is 10.4 Å². The molecule has 17 heavy (non-hydrogen) atoms. The lowest BCUT2D eigenvalue weighted by Gasteiger charge is -2.36. The van der Waals surface area contributed by atoms with Crippen molar-refractivity contribution in [3.63, 3.8) is 0 Å². The van der Waals surface area contributed by atoms with Crippen molar-refractivity contribution < 1.29 is 21.9 Å². The Morgan fingerprint density at radius 3 is 1.71 bits per heavy atom. The first-order valence-corrected chi connectivity index (χ1v) is 5.98. The molecule has 8 heteroatoms. The molecule has 0 bridgehead atoms. The van der Waals surface area contributed by atoms with Gasteiger partial charge in [-0.1, -0.05) is 6.58 Å². The van der Waals surface area contributed by atoms with Gasteiger partial charge < -0.3 is 11.5 Å². The van der Waals surface area contributed by atoms with Gasteiger partial charge in [-0.15, -0.1) is 0 Å². The lowest BCUT2D eigenvalue weighted by molar-refractivity contribution is -0.113. The first kappa shape index (κ1) is 18.4. The van der Waals surface area contributed by atoms with E-state index in [4.69, 9.17) is 10.3 Å². The molecule has 0 aliphatic carbocycles. The van der Waals surface area contributed by atoms with Crippen molar-refractivity contribution in [1.82, 2.24) is 0 Å². The van der Waals surface area contributed by atoms with Crippen LogP contribution < -0.4 is 11.5 Å². The van der Waals surface area contributed by atoms with Gasteiger partial charge in [0.1, 0.15) is 5.60 Å². The van der Waals surface area contributed by atoms with E-state index in [2.05, 4.69) is 16.5 Å². The minimum absolute atomic E-state index is 0.481. The average Bonchev–Trinajstić information content (AvgIpc) is 1.98. The number of nitrogens with two attached hydrogens (primary N) is 2. The maximum atomic E-state index is 10.4. The summed E-state index contributed by atoms with van der Waals surface area (Å²) >= 11 is 0. The van der Waals surface area contributed by atoms with E-state index in [1.807, 2.05) is 0 Å². The average molecular weight is 268 g/mol. The molecule has 7 nitrogen and oxygen atoms in total. The predicted octanol–water partition coefficient (Wildman–Crippen LogP) is -0.0206. The Morgan fingerprint density at radius 1 is 1.35 bits per heavy atom. The number of carbonyl (C=O) groups excluding carboxylic acids is 1. The normalized spacial score (nSPS) is 12.4. The molecule has 0 aliphatic heterocycles. The first-order chi connectivity index (χ1) is 7.23. The van der Waals surface area contributed by atoms with Gasteiger partial charge in [0.15, 0.2) is 0 Å². The lowest BCUT2D eigenvalue weighted by atomic mass is 9.87. The third kappa shape index (κ3) is 9.94. The summed E-state index contributed by atoms with van der Waals surface area (Å²) in [6.07, 6.45) is 1.06. The molecular weight excluding hydrogens is 248 g/mol. The molecule has 0 aromatic carbocycles. The van der Waals surface area contributed by atoms with Crippen LogP contribution in [0.5, 0.6) is 0 Å². The van der Waals surface area contributed by atoms with E-state index in [-0.39, 0.29) is 0 Å². The van der Waals surface area contributed by atoms with Crippen molar-refractivity contribution in [3.05, 3.63) is 12.7 Å². The Kier molecular flexibility index (Phi) is 6.61. The molecule has 0 rings (SSSR count). The van der Waals surface area contributed by atoms with Crippen molar-refractivity contribution >= 4 is 16.3 Å². The SMILES string of the molecule is C=CC(N)=O.CC(C)(N)C(C)(C)OS(=O)(=O)O. The van der Waals surface area contributed by atoms with E-state index >= 15 is 0 Å². The van der Waals surface area contributed by atoms with Gasteiger partial charge in [0.05, 0.1) is 0 Å². The van der Waals surface area contributed by atoms with Crippen LogP contribution in [0.4, 0.5) is 0 Å². The summed E-state index contributed by atoms with van der Waals surface area (Å²) in [6, 6.07) is 0. The molecule has 0 saturated carbocycles. The van der Waals surface area contributed by atoms with E-state index < -0.39 is 27.4 Å². The maximum Gasteiger partial charge on any atom is 0.397 e. The van der Waals surface area contributed by atoms with Crippen molar-refractivity contribution in [3.8, 4) is 0 Å². The highest BCUT2D eigenvalue weighted by Crippen LogP contribution is 2.24. The number of carbonyl (C=O) groups is 1. The topological polar surface area (TPSA) is 133 Å². The van der Waals surface area contributed by atoms with Crippen LogP contribution in [0.15, 0.2) is 12.7 Å². The molecule has 1 amide bonds. The van der Waals surface area contributed by atoms with Crippen LogP contribution >= 0.6 is 0 Å². The van der Waals surface area contributed by atoms with E-state index in [1.165, 1.54) is 13.8 Å². The molecule has 0 aromatic rings. The summed E-state index contributed by atoms with van der Waals surface area (Å²) in [5.41, 5.74) is 8.16. The Bertz CT molecular complexity index is 367. The zero-order valence-corrected chi connectivity index (χ0v) is 11.2. The van der Waals surface area contributed by atoms with Crippen LogP contribution in [-0.2, 0) is 19.4 Å². The minimum Gasteiger partial charge on any atom is -0.366 e. The van der Waals surface area contributed by atoms with Crippen LogP contribution in [0, 0.1) is 0 Å². The Labute approximate surface area is 102 Å². The summed E-state index contributed by atoms with van der Waals surface area (Å²) in [5.74, 6) is -0.481. The molecule has 0 spiro atoms. The highest BCUT2D eigenvalue weighted by molar-refractivity contribution is 7.80. The number of rotatable bonds is 4. The Morgan fingerprint density at radius 2 is 1.65 bits per heavy atom. The highest BCUT2D eigenvalue weighted by atomic mass is 32.3. The molecule has 102 valence electrons. The van der Waals surface area contributed by atoms with E-state index in [0.29, 0.717) is 0 Å². The van der Waals surface area contributed by atoms with Gasteiger partial charge in [-0.3, -0.25) is 9.35 Å². The van der Waals surface area contributed by atoms with Crippen LogP contribution in [0.25, 0.3) is 0 Å². The summed E-state index contributed by atoms with van der Waals surface area (Å²) < 4.78 is 33.5. The van der Waals surface area contributed by atoms with Gasteiger partial charge in [-0.2, -0.15) is 8.42 Å². The Balaban J connectivity index is 0. The molecule has 5 N–H and O–H groups in total. The van der Waals surface area contributed by atoms with Gasteiger partial charge in [0, 0.05) is 5.54 Å². The fourth-order valence-electron chi connectivity index (χ4n) is 0.371. The second kappa shape index (κ2) is 6.10. The molecule has 0 aromatic heterocycles. The second-order valence-corrected chi connectivity index (χ2v) is 5.37. The lowest BCUT2D eigenvalue weighted by Crippen LogP contribution is -2.54. The summed E-state index contributed by atoms with van der Waals surface area (Å²) in [4.78, 5) is 9.47. The van der Waals surface area contributed by atoms with Crippen LogP contribution in [0.2, 0.25) is 0 Å². The third-order valence-electron chi connectivity index (χ3n) is 2.07. The molecular formula is C9H20N2O5S. The summed E-state index contributed by atoms with van der Waals surface area (Å²) in [7, 11) is -4.44. The molecule has 0 aliphatic rings. The minimum atomic E-state index is -4.44. The standard InChI is InChI=1S/C6H15NO4S.C3H5NO/c1-5(2,7)6(3,4)11-12(8,9)10;1-2-3(4)5/h7H2,1-4H3,(H,8,9,10);2H,1H2,(H2,4,5). The molecule has 0 unspecified atom stereocenters. The maximum absolute atomic E-state index is 10.4. The Hall–Kier alpha value is -0.960. The smallest absolute Gasteiger partial charge is 0.366 e. The highest BCUT2D eigenvalue weighted by Gasteiger charge is 2.38. The quantitative estimate of drug-likeness (QED) is 0.484. The van der Waals surface area contributed by atoms with Gasteiger partial charge in [0.2, 0.25) is 5.91 Å². The zero-order valence-electron chi connectivity index (χ0n) is 10.4. The van der Waals surface area contributed by atoms with E-state index in [0.717, 1.165) is 6.08 Å². The summed E-state index contributed by atoms with van der Waals surface area (Å²) in [6.45, 7) is 9.28. The fourth-order valence-corrected chi connectivity index (χ4v) is 1.11. The monoisotopic (exact) mass is 268 g/mol. The van der Waals surface area contributed by atoms with E-state index in [1.54, 1.807) is 13.8 Å². The van der Waals surface area contributed by atoms with Crippen molar-refractivity contribution in [2.45, 2.75) is 38.8 Å². The second-order valence-electron chi connectivity index (χ2n) is 4.35. The third-order valence-corrected chi connectivity index (χ3v) is 2.69. The van der Waals surface area contributed by atoms with Crippen molar-refractivity contribution in [2.24, 2.45) is 11.5 Å². The molecule has 0 heterocycles. The van der Waals surface area contributed by atoms with Crippen molar-refractivity contribution in [2.75, 3.05) is 0 Å². The molecule has 0 radical (unpaired) electrons. The van der Waals surface area contributed by atoms with Gasteiger partial charge in [0.25, 0.3) is 0 Å². The largest absolute Gasteiger partial charge is 0.397 e. The molecule has 0 saturated heterocycles. The molecule has 0 fully saturated rings. The van der Waals surface area contributed by atoms with Gasteiger partial charge in [-0.25, -0.2) is 4.18 Å². The van der Waals surface area contributed by atoms with Crippen molar-refractivity contribution in [1.29, 1.82) is 0 Å². The zero-order chi connectivity index (χ0) is 14.5. The summed E-state index contributed by atoms with van der Waals surface area (Å²) in [5, 5.41) is 0. The van der Waals surface area contributed by atoms with Gasteiger partial charge in [-0.05, 0) is 33.8 Å². The van der Waals surface area contributed by atoms with Crippen LogP contribution in [-0.4, -0.2) is 30.0 Å². The predicted molar refractivity (Wildman–Crippen MR) is 64.4 cm³/mol. The molecule has 0 atom stereocenters. The van der Waals surface area contributed by atoms with Crippen LogP contribution in [0.1, 0.15) is 27.7 Å². The van der Waals surface area contributed by atoms with E-state index in [9.17, 15) is 13.2 Å². The first-order valence-electron chi connectivity index (χ1n) is 4.62. The number of hydrogen-bond donors (Lipinski definition) is 3. The number of primary amides is 1. The fraction of sp³-hybridized carbons (Fsp3) is 0.667. The number of amides is 1. The van der Waals surface area contributed by atoms with Crippen LogP contribution in [0.3, 0.4) is 0 Å². The number of hydrogen-bond acceptors (Lipinski definition) is 5.